The fourth-order valence-electron chi connectivity index (χ4n) is 3.03. The Balaban J connectivity index is 1.57. The van der Waals surface area contributed by atoms with Crippen LogP contribution in [-0.2, 0) is 6.54 Å². The van der Waals surface area contributed by atoms with Crippen LogP contribution in [0.1, 0.15) is 15.4 Å². The lowest BCUT2D eigenvalue weighted by Gasteiger charge is -2.15. The lowest BCUT2D eigenvalue weighted by atomic mass is 10.2. The number of aliphatic hydroxyl groups is 2. The molecule has 1 amide bonds. The number of thiophene rings is 1. The lowest BCUT2D eigenvalue weighted by Crippen LogP contribution is -2.22. The number of nitrogens with one attached hydrogen (secondary N) is 1. The Hall–Kier alpha value is -3.51. The summed E-state index contributed by atoms with van der Waals surface area (Å²) in [6.45, 7) is -0.487. The topological polar surface area (TPSA) is 132 Å². The second-order valence-corrected chi connectivity index (χ2v) is 8.86. The summed E-state index contributed by atoms with van der Waals surface area (Å²) in [6, 6.07) is 13.1. The number of aliphatic hydroxyl groups excluding tert-OH is 2. The number of halogens is 1. The van der Waals surface area contributed by atoms with E-state index in [2.05, 4.69) is 15.6 Å². The Morgan fingerprint density at radius 3 is 2.82 bits per heavy atom. The summed E-state index contributed by atoms with van der Waals surface area (Å²) < 4.78 is 9.15. The molecule has 0 radical (unpaired) electrons. The van der Waals surface area contributed by atoms with Gasteiger partial charge in [-0.15, -0.1) is 16.4 Å². The maximum absolute atomic E-state index is 12.2. The number of ether oxygens (including phenoxy) is 1. The summed E-state index contributed by atoms with van der Waals surface area (Å²) in [5.41, 5.74) is 1.32. The minimum Gasteiger partial charge on any atom is -0.488 e. The predicted molar refractivity (Wildman–Crippen MR) is 126 cm³/mol. The molecule has 3 heterocycles. The third-order valence-corrected chi connectivity index (χ3v) is 5.93. The number of benzene rings is 1. The molecular weight excluding hydrogens is 482 g/mol. The second kappa shape index (κ2) is 10.6. The van der Waals surface area contributed by atoms with Gasteiger partial charge in [-0.2, -0.15) is 0 Å². The van der Waals surface area contributed by atoms with Gasteiger partial charge in [-0.1, -0.05) is 22.9 Å². The van der Waals surface area contributed by atoms with Crippen molar-refractivity contribution >= 4 is 28.8 Å². The van der Waals surface area contributed by atoms with Gasteiger partial charge in [0.2, 0.25) is 0 Å². The van der Waals surface area contributed by atoms with E-state index in [9.17, 15) is 14.7 Å². The number of hydrogen-bond donors (Lipinski definition) is 3. The standard InChI is InChI=1S/C22H20ClN5O5S/c23-20-7-6-19(34-20)22(32)24-10-14-11-28(26-25-14)17-5-4-15(27-8-2-1-3-21(27)31)9-18(17)33-13-16(30)12-29/h1-9,11,16,29-30H,10,12-13H2,(H,24,32). The first kappa shape index (κ1) is 23.6. The van der Waals surface area contributed by atoms with Crippen LogP contribution >= 0.6 is 22.9 Å². The average molecular weight is 502 g/mol. The van der Waals surface area contributed by atoms with Crippen LogP contribution in [0.3, 0.4) is 0 Å². The van der Waals surface area contributed by atoms with Gasteiger partial charge in [0, 0.05) is 18.3 Å². The monoisotopic (exact) mass is 501 g/mol. The van der Waals surface area contributed by atoms with Crippen LogP contribution < -0.4 is 15.6 Å². The van der Waals surface area contributed by atoms with Gasteiger partial charge in [0.25, 0.3) is 11.5 Å². The molecule has 0 spiro atoms. The smallest absolute Gasteiger partial charge is 0.261 e. The molecule has 3 aromatic heterocycles. The van der Waals surface area contributed by atoms with Crippen LogP contribution in [0.5, 0.6) is 5.75 Å². The van der Waals surface area contributed by atoms with Gasteiger partial charge in [0.1, 0.15) is 29.8 Å². The second-order valence-electron chi connectivity index (χ2n) is 7.15. The molecule has 1 atom stereocenters. The third kappa shape index (κ3) is 5.51. The van der Waals surface area contributed by atoms with E-state index in [4.69, 9.17) is 21.4 Å². The zero-order valence-electron chi connectivity index (χ0n) is 17.7. The molecule has 4 aromatic rings. The summed E-state index contributed by atoms with van der Waals surface area (Å²) in [4.78, 5) is 24.9. The molecule has 176 valence electrons. The number of rotatable bonds is 9. The quantitative estimate of drug-likeness (QED) is 0.318. The van der Waals surface area contributed by atoms with E-state index >= 15 is 0 Å². The van der Waals surface area contributed by atoms with Crippen molar-refractivity contribution in [3.05, 3.63) is 86.2 Å². The molecule has 12 heteroatoms. The van der Waals surface area contributed by atoms with Gasteiger partial charge in [-0.25, -0.2) is 4.68 Å². The van der Waals surface area contributed by atoms with Crippen LogP contribution in [0.4, 0.5) is 0 Å². The van der Waals surface area contributed by atoms with E-state index in [1.54, 1.807) is 54.9 Å². The van der Waals surface area contributed by atoms with E-state index in [0.29, 0.717) is 32.0 Å². The Bertz CT molecular complexity index is 1350. The lowest BCUT2D eigenvalue weighted by molar-refractivity contribution is 0.0535. The van der Waals surface area contributed by atoms with Gasteiger partial charge in [-0.3, -0.25) is 14.2 Å². The van der Waals surface area contributed by atoms with Crippen molar-refractivity contribution in [2.24, 2.45) is 0 Å². The first-order chi connectivity index (χ1) is 16.4. The van der Waals surface area contributed by atoms with Gasteiger partial charge in [0.15, 0.2) is 0 Å². The van der Waals surface area contributed by atoms with Crippen LogP contribution in [-0.4, -0.2) is 55.0 Å². The van der Waals surface area contributed by atoms with Crippen molar-refractivity contribution in [3.8, 4) is 17.1 Å². The molecule has 1 unspecified atom stereocenters. The number of hydrogen-bond acceptors (Lipinski definition) is 8. The molecule has 0 aliphatic rings. The molecular formula is C22H20ClN5O5S. The van der Waals surface area contributed by atoms with Crippen LogP contribution in [0.15, 0.2) is 65.7 Å². The zero-order chi connectivity index (χ0) is 24.1. The minimum atomic E-state index is -1.08. The van der Waals surface area contributed by atoms with Crippen molar-refractivity contribution in [2.75, 3.05) is 13.2 Å². The number of pyridine rings is 1. The molecule has 0 aliphatic carbocycles. The van der Waals surface area contributed by atoms with Crippen molar-refractivity contribution < 1.29 is 19.7 Å². The summed E-state index contributed by atoms with van der Waals surface area (Å²) in [5.74, 6) is 0.0422. The Labute approximate surface area is 202 Å². The SMILES string of the molecule is O=C(NCc1cn(-c2ccc(-n3ccccc3=O)cc2OCC(O)CO)nn1)c1ccc(Cl)s1. The summed E-state index contributed by atoms with van der Waals surface area (Å²) in [6.07, 6.45) is 2.17. The Morgan fingerprint density at radius 2 is 2.09 bits per heavy atom. The van der Waals surface area contributed by atoms with Crippen molar-refractivity contribution in [1.29, 1.82) is 0 Å². The number of nitrogens with zero attached hydrogens (tertiary/aromatic N) is 4. The molecule has 0 fully saturated rings. The highest BCUT2D eigenvalue weighted by Crippen LogP contribution is 2.26. The number of carbonyl (C=O) groups is 1. The molecule has 0 bridgehead atoms. The number of amides is 1. The van der Waals surface area contributed by atoms with Gasteiger partial charge in [-0.05, 0) is 30.3 Å². The molecule has 1 aromatic carbocycles. The molecule has 0 saturated heterocycles. The summed E-state index contributed by atoms with van der Waals surface area (Å²) >= 11 is 7.05. The molecule has 34 heavy (non-hydrogen) atoms. The number of aromatic nitrogens is 4. The van der Waals surface area contributed by atoms with E-state index in [0.717, 1.165) is 0 Å². The van der Waals surface area contributed by atoms with Crippen LogP contribution in [0.2, 0.25) is 4.34 Å². The Kier molecular flexibility index (Phi) is 7.38. The molecule has 0 saturated carbocycles. The maximum Gasteiger partial charge on any atom is 0.261 e. The normalized spacial score (nSPS) is 11.9. The van der Waals surface area contributed by atoms with Crippen molar-refractivity contribution in [3.63, 3.8) is 0 Å². The van der Waals surface area contributed by atoms with Gasteiger partial charge >= 0.3 is 0 Å². The highest BCUT2D eigenvalue weighted by Gasteiger charge is 2.14. The summed E-state index contributed by atoms with van der Waals surface area (Å²) in [7, 11) is 0. The molecule has 10 nitrogen and oxygen atoms in total. The number of carbonyl (C=O) groups excluding carboxylic acids is 1. The van der Waals surface area contributed by atoms with E-state index in [-0.39, 0.29) is 24.6 Å². The van der Waals surface area contributed by atoms with Crippen LogP contribution in [0, 0.1) is 0 Å². The predicted octanol–water partition coefficient (Wildman–Crippen LogP) is 1.80. The first-order valence-corrected chi connectivity index (χ1v) is 11.3. The van der Waals surface area contributed by atoms with Gasteiger partial charge in [0.05, 0.1) is 34.2 Å². The molecule has 3 N–H and O–H groups in total. The van der Waals surface area contributed by atoms with Gasteiger partial charge < -0.3 is 20.3 Å². The summed E-state index contributed by atoms with van der Waals surface area (Å²) in [5, 5.41) is 29.8. The average Bonchev–Trinajstić information content (AvgIpc) is 3.50. The first-order valence-electron chi connectivity index (χ1n) is 10.1. The molecule has 4 rings (SSSR count). The highest BCUT2D eigenvalue weighted by atomic mass is 35.5. The van der Waals surface area contributed by atoms with E-state index in [1.165, 1.54) is 26.7 Å². The largest absolute Gasteiger partial charge is 0.488 e. The van der Waals surface area contributed by atoms with Crippen molar-refractivity contribution in [2.45, 2.75) is 12.6 Å². The van der Waals surface area contributed by atoms with Crippen LogP contribution in [0.25, 0.3) is 11.4 Å². The fourth-order valence-corrected chi connectivity index (χ4v) is 3.99. The fraction of sp³-hybridized carbons (Fsp3) is 0.182. The van der Waals surface area contributed by atoms with E-state index < -0.39 is 12.7 Å². The Morgan fingerprint density at radius 1 is 1.24 bits per heavy atom. The third-order valence-electron chi connectivity index (χ3n) is 4.70. The van der Waals surface area contributed by atoms with E-state index in [1.807, 2.05) is 0 Å². The maximum atomic E-state index is 12.2. The minimum absolute atomic E-state index is 0.144. The highest BCUT2D eigenvalue weighted by molar-refractivity contribution is 7.17. The molecule has 0 aliphatic heterocycles. The zero-order valence-corrected chi connectivity index (χ0v) is 19.2. The van der Waals surface area contributed by atoms with Crippen molar-refractivity contribution in [1.82, 2.24) is 24.9 Å².